The summed E-state index contributed by atoms with van der Waals surface area (Å²) in [5, 5.41) is 23.7. The number of nitrogens with one attached hydrogen (secondary N) is 1. The highest BCUT2D eigenvalue weighted by Crippen LogP contribution is 2.33. The van der Waals surface area contributed by atoms with Gasteiger partial charge in [-0.15, -0.1) is 0 Å². The van der Waals surface area contributed by atoms with Gasteiger partial charge in [-0.1, -0.05) is 12.2 Å². The van der Waals surface area contributed by atoms with Crippen LogP contribution in [0.3, 0.4) is 0 Å². The number of aliphatic imine (C=N–C) groups is 1. The van der Waals surface area contributed by atoms with Crippen molar-refractivity contribution in [2.75, 3.05) is 11.9 Å². The molecule has 1 saturated carbocycles. The first-order chi connectivity index (χ1) is 15.1. The number of benzene rings is 1. The van der Waals surface area contributed by atoms with Gasteiger partial charge in [0.1, 0.15) is 0 Å². The third-order valence-corrected chi connectivity index (χ3v) is 5.50. The maximum atomic E-state index is 10.8. The van der Waals surface area contributed by atoms with Crippen LogP contribution in [0.4, 0.5) is 17.5 Å². The number of aliphatic hydroxyl groups is 1. The molecule has 5 rings (SSSR count). The Labute approximate surface area is 177 Å². The Bertz CT molecular complexity index is 1180. The normalized spacial score (nSPS) is 20.7. The van der Waals surface area contributed by atoms with E-state index in [-0.39, 0.29) is 30.2 Å². The van der Waals surface area contributed by atoms with E-state index in [4.69, 9.17) is 0 Å². The average Bonchev–Trinajstić information content (AvgIpc) is 3.29. The minimum Gasteiger partial charge on any atom is -0.396 e. The summed E-state index contributed by atoms with van der Waals surface area (Å²) >= 11 is 0. The van der Waals surface area contributed by atoms with E-state index in [2.05, 4.69) is 31.3 Å². The lowest BCUT2D eigenvalue weighted by atomic mass is 10.1. The van der Waals surface area contributed by atoms with Crippen LogP contribution in [0.5, 0.6) is 0 Å². The highest BCUT2D eigenvalue weighted by molar-refractivity contribution is 5.86. The van der Waals surface area contributed by atoms with E-state index in [1.54, 1.807) is 24.7 Å². The average molecular weight is 419 g/mol. The maximum absolute atomic E-state index is 10.8. The molecular formula is C21H21N7O3. The number of non-ortho nitro benzene ring substituents is 1. The second-order valence-corrected chi connectivity index (χ2v) is 7.85. The van der Waals surface area contributed by atoms with Crippen molar-refractivity contribution in [3.05, 3.63) is 58.4 Å². The van der Waals surface area contributed by atoms with Crippen LogP contribution in [0.25, 0.3) is 11.2 Å². The smallest absolute Gasteiger partial charge is 0.269 e. The van der Waals surface area contributed by atoms with Crippen LogP contribution in [0.2, 0.25) is 0 Å². The Morgan fingerprint density at radius 1 is 1.26 bits per heavy atom. The second kappa shape index (κ2) is 7.88. The minimum atomic E-state index is -0.437. The third kappa shape index (κ3) is 4.02. The van der Waals surface area contributed by atoms with E-state index in [0.29, 0.717) is 28.6 Å². The van der Waals surface area contributed by atoms with Crippen molar-refractivity contribution in [1.29, 1.82) is 0 Å². The number of imidazole rings is 1. The number of nitrogens with zero attached hydrogens (tertiary/aromatic N) is 6. The van der Waals surface area contributed by atoms with Gasteiger partial charge in [0.2, 0.25) is 0 Å². The molecule has 158 valence electrons. The van der Waals surface area contributed by atoms with Gasteiger partial charge in [0, 0.05) is 36.9 Å². The largest absolute Gasteiger partial charge is 0.396 e. The maximum Gasteiger partial charge on any atom is 0.269 e. The second-order valence-electron chi connectivity index (χ2n) is 7.85. The minimum absolute atomic E-state index is 0.0282. The monoisotopic (exact) mass is 419 g/mol. The fourth-order valence-electron chi connectivity index (χ4n) is 3.64. The standard InChI is InChI=1S/C21H21N7O3/c29-11-14-3-8-17(9-14)27-12-23-18-19(24-15-4-5-15)25-21(26-20(18)27)22-10-13-1-6-16(7-2-13)28(30)31/h1-3,6-8,10,12,14-15,17,29H,4-5,9,11H2,(H,24,25,26)/b22-10+/t14-,17+/m1/s1. The molecule has 2 heterocycles. The first-order valence-electron chi connectivity index (χ1n) is 10.2. The predicted molar refractivity (Wildman–Crippen MR) is 116 cm³/mol. The lowest BCUT2D eigenvalue weighted by Crippen LogP contribution is -2.09. The molecule has 2 aliphatic carbocycles. The number of nitro benzene ring substituents is 1. The lowest BCUT2D eigenvalue weighted by Gasteiger charge is -2.13. The molecule has 10 heteroatoms. The zero-order valence-electron chi connectivity index (χ0n) is 16.6. The van der Waals surface area contributed by atoms with E-state index < -0.39 is 4.92 Å². The van der Waals surface area contributed by atoms with Gasteiger partial charge in [0.05, 0.1) is 17.3 Å². The highest BCUT2D eigenvalue weighted by Gasteiger charge is 2.26. The number of nitro groups is 1. The number of fused-ring (bicyclic) bond motifs is 1. The molecule has 0 spiro atoms. The Hall–Kier alpha value is -3.66. The molecule has 2 aliphatic rings. The number of hydrogen-bond acceptors (Lipinski definition) is 8. The molecule has 31 heavy (non-hydrogen) atoms. The molecule has 0 radical (unpaired) electrons. The van der Waals surface area contributed by atoms with Gasteiger partial charge in [-0.25, -0.2) is 9.98 Å². The number of aliphatic hydroxyl groups excluding tert-OH is 1. The molecule has 0 bridgehead atoms. The van der Waals surface area contributed by atoms with Crippen molar-refractivity contribution >= 4 is 34.8 Å². The quantitative estimate of drug-likeness (QED) is 0.260. The van der Waals surface area contributed by atoms with Crippen molar-refractivity contribution < 1.29 is 10.0 Å². The topological polar surface area (TPSA) is 131 Å². The summed E-state index contributed by atoms with van der Waals surface area (Å²) in [5.74, 6) is 1.08. The van der Waals surface area contributed by atoms with Crippen molar-refractivity contribution in [3.8, 4) is 0 Å². The summed E-state index contributed by atoms with van der Waals surface area (Å²) < 4.78 is 1.99. The van der Waals surface area contributed by atoms with Gasteiger partial charge in [0.15, 0.2) is 17.0 Å². The van der Waals surface area contributed by atoms with Crippen LogP contribution >= 0.6 is 0 Å². The Morgan fingerprint density at radius 2 is 2.06 bits per heavy atom. The number of hydrogen-bond donors (Lipinski definition) is 2. The van der Waals surface area contributed by atoms with E-state index in [1.807, 2.05) is 10.6 Å². The van der Waals surface area contributed by atoms with Gasteiger partial charge in [0.25, 0.3) is 11.6 Å². The fraction of sp³-hybridized carbons (Fsp3) is 0.333. The predicted octanol–water partition coefficient (Wildman–Crippen LogP) is 3.17. The SMILES string of the molecule is O=[N+]([O-])c1ccc(/C=N/c2nc(NC3CC3)c3ncn([C@H]4C=C[C@@H](CO)C4)c3n2)cc1. The van der Waals surface area contributed by atoms with Crippen molar-refractivity contribution in [2.45, 2.75) is 31.3 Å². The van der Waals surface area contributed by atoms with Gasteiger partial charge in [-0.2, -0.15) is 9.97 Å². The van der Waals surface area contributed by atoms with Crippen molar-refractivity contribution in [1.82, 2.24) is 19.5 Å². The summed E-state index contributed by atoms with van der Waals surface area (Å²) in [6, 6.07) is 6.59. The van der Waals surface area contributed by atoms with Crippen LogP contribution in [-0.2, 0) is 0 Å². The van der Waals surface area contributed by atoms with E-state index in [1.165, 1.54) is 12.1 Å². The summed E-state index contributed by atoms with van der Waals surface area (Å²) in [7, 11) is 0. The summed E-state index contributed by atoms with van der Waals surface area (Å²) in [4.78, 5) is 28.5. The van der Waals surface area contributed by atoms with Crippen molar-refractivity contribution in [2.24, 2.45) is 10.9 Å². The van der Waals surface area contributed by atoms with Crippen LogP contribution in [0.15, 0.2) is 47.7 Å². The molecular weight excluding hydrogens is 398 g/mol. The molecule has 0 amide bonds. The Kier molecular flexibility index (Phi) is 4.91. The van der Waals surface area contributed by atoms with E-state index in [9.17, 15) is 15.2 Å². The highest BCUT2D eigenvalue weighted by atomic mass is 16.6. The molecule has 0 saturated heterocycles. The molecule has 1 aromatic carbocycles. The van der Waals surface area contributed by atoms with Crippen LogP contribution in [0.1, 0.15) is 30.9 Å². The fourth-order valence-corrected chi connectivity index (χ4v) is 3.64. The van der Waals surface area contributed by atoms with E-state index in [0.717, 1.165) is 19.3 Å². The Morgan fingerprint density at radius 3 is 2.74 bits per heavy atom. The first kappa shape index (κ1) is 19.3. The van der Waals surface area contributed by atoms with Gasteiger partial charge < -0.3 is 15.0 Å². The summed E-state index contributed by atoms with van der Waals surface area (Å²) in [6.45, 7) is 0.119. The molecule has 0 unspecified atom stereocenters. The number of aromatic nitrogens is 4. The molecule has 2 aromatic heterocycles. The summed E-state index contributed by atoms with van der Waals surface area (Å²) in [6.07, 6.45) is 10.4. The van der Waals surface area contributed by atoms with Gasteiger partial charge >= 0.3 is 0 Å². The van der Waals surface area contributed by atoms with Crippen molar-refractivity contribution in [3.63, 3.8) is 0 Å². The summed E-state index contributed by atoms with van der Waals surface area (Å²) in [5.41, 5.74) is 2.12. The molecule has 10 nitrogen and oxygen atoms in total. The molecule has 0 aliphatic heterocycles. The first-order valence-corrected chi connectivity index (χ1v) is 10.2. The third-order valence-electron chi connectivity index (χ3n) is 5.50. The van der Waals surface area contributed by atoms with Gasteiger partial charge in [-0.05, 0) is 37.0 Å². The molecule has 2 N–H and O–H groups in total. The van der Waals surface area contributed by atoms with Crippen LogP contribution in [-0.4, -0.2) is 48.4 Å². The zero-order valence-corrected chi connectivity index (χ0v) is 16.6. The van der Waals surface area contributed by atoms with Crippen LogP contribution in [0, 0.1) is 16.0 Å². The Balaban J connectivity index is 1.49. The number of anilines is 1. The zero-order chi connectivity index (χ0) is 21.4. The van der Waals surface area contributed by atoms with Crippen LogP contribution < -0.4 is 5.32 Å². The molecule has 2 atom stereocenters. The lowest BCUT2D eigenvalue weighted by molar-refractivity contribution is -0.384. The van der Waals surface area contributed by atoms with E-state index >= 15 is 0 Å². The number of allylic oxidation sites excluding steroid dienone is 1. The van der Waals surface area contributed by atoms with Gasteiger partial charge in [-0.3, -0.25) is 10.1 Å². The number of rotatable bonds is 7. The molecule has 3 aromatic rings. The molecule has 1 fully saturated rings.